The number of halogens is 1. The Labute approximate surface area is 185 Å². The van der Waals surface area contributed by atoms with E-state index >= 15 is 0 Å². The summed E-state index contributed by atoms with van der Waals surface area (Å²) in [5, 5.41) is 2.90. The molecule has 6 nitrogen and oxygen atoms in total. The normalized spacial score (nSPS) is 11.4. The summed E-state index contributed by atoms with van der Waals surface area (Å²) in [6.45, 7) is 4.69. The second-order valence-electron chi connectivity index (χ2n) is 8.04. The molecule has 1 amide bonds. The van der Waals surface area contributed by atoms with Crippen LogP contribution >= 0.6 is 0 Å². The number of carbonyl (C=O) groups is 1. The molecule has 4 rings (SSSR count). The molecule has 4 aromatic rings. The fraction of sp³-hybridized carbons (Fsp3) is 0.280. The standard InChI is InChI=1S/C25H26FN3O3/c1-17(2)32-20-10-7-18(8-11-20)16-27-24(30)6-4-14-29-23-15-19(26)9-12-21(23)28-13-3-5-22(28)25(29)31/h3,5,7-13,15,17H,4,6,14,16H2,1-2H3,(H,27,30). The summed E-state index contributed by atoms with van der Waals surface area (Å²) < 4.78 is 22.8. The molecule has 0 saturated carbocycles. The molecular formula is C25H26FN3O3. The first-order chi connectivity index (χ1) is 15.4. The molecule has 0 spiro atoms. The lowest BCUT2D eigenvalue weighted by Gasteiger charge is -2.13. The SMILES string of the molecule is CC(C)Oc1ccc(CNC(=O)CCCn2c(=O)c3cccn3c3ccc(F)cc32)cc1. The van der Waals surface area contributed by atoms with Gasteiger partial charge in [-0.05, 0) is 68.3 Å². The molecule has 0 aliphatic rings. The van der Waals surface area contributed by atoms with Gasteiger partial charge in [0, 0.05) is 25.7 Å². The maximum atomic E-state index is 13.9. The molecule has 0 fully saturated rings. The van der Waals surface area contributed by atoms with Crippen LogP contribution in [0.25, 0.3) is 16.6 Å². The van der Waals surface area contributed by atoms with Crippen molar-refractivity contribution in [3.8, 4) is 5.75 Å². The van der Waals surface area contributed by atoms with Crippen LogP contribution in [0, 0.1) is 5.82 Å². The summed E-state index contributed by atoms with van der Waals surface area (Å²) in [6.07, 6.45) is 2.63. The van der Waals surface area contributed by atoms with E-state index in [4.69, 9.17) is 4.74 Å². The second kappa shape index (κ2) is 9.26. The lowest BCUT2D eigenvalue weighted by atomic mass is 10.2. The summed E-state index contributed by atoms with van der Waals surface area (Å²) in [5.41, 5.74) is 2.57. The van der Waals surface area contributed by atoms with E-state index in [1.807, 2.05) is 38.1 Å². The molecule has 32 heavy (non-hydrogen) atoms. The molecule has 2 heterocycles. The Morgan fingerprint density at radius 3 is 2.59 bits per heavy atom. The average molecular weight is 435 g/mol. The molecule has 7 heteroatoms. The fourth-order valence-electron chi connectivity index (χ4n) is 3.80. The van der Waals surface area contributed by atoms with E-state index in [1.165, 1.54) is 12.1 Å². The third-order valence-corrected chi connectivity index (χ3v) is 5.27. The van der Waals surface area contributed by atoms with Gasteiger partial charge in [0.05, 0.1) is 17.1 Å². The molecule has 0 aliphatic heterocycles. The molecule has 0 bridgehead atoms. The first kappa shape index (κ1) is 21.6. The highest BCUT2D eigenvalue weighted by Gasteiger charge is 2.12. The number of fused-ring (bicyclic) bond motifs is 3. The highest BCUT2D eigenvalue weighted by atomic mass is 19.1. The Morgan fingerprint density at radius 2 is 1.84 bits per heavy atom. The van der Waals surface area contributed by atoms with Gasteiger partial charge < -0.3 is 19.0 Å². The Kier molecular flexibility index (Phi) is 6.25. The number of aromatic nitrogens is 2. The topological polar surface area (TPSA) is 64.7 Å². The zero-order chi connectivity index (χ0) is 22.7. The number of ether oxygens (including phenoxy) is 1. The number of amides is 1. The van der Waals surface area contributed by atoms with E-state index in [0.717, 1.165) is 16.8 Å². The third kappa shape index (κ3) is 4.66. The summed E-state index contributed by atoms with van der Waals surface area (Å²) in [4.78, 5) is 25.2. The summed E-state index contributed by atoms with van der Waals surface area (Å²) in [7, 11) is 0. The predicted octanol–water partition coefficient (Wildman–Crippen LogP) is 4.28. The van der Waals surface area contributed by atoms with Crippen LogP contribution in [-0.4, -0.2) is 21.0 Å². The van der Waals surface area contributed by atoms with Crippen molar-refractivity contribution in [2.24, 2.45) is 0 Å². The molecule has 2 aromatic heterocycles. The van der Waals surface area contributed by atoms with Gasteiger partial charge in [0.1, 0.15) is 17.1 Å². The summed E-state index contributed by atoms with van der Waals surface area (Å²) in [6, 6.07) is 15.6. The van der Waals surface area contributed by atoms with E-state index in [-0.39, 0.29) is 24.0 Å². The van der Waals surface area contributed by atoms with Crippen LogP contribution in [0.3, 0.4) is 0 Å². The van der Waals surface area contributed by atoms with Crippen molar-refractivity contribution in [3.63, 3.8) is 0 Å². The number of nitrogens with zero attached hydrogens (tertiary/aromatic N) is 2. The van der Waals surface area contributed by atoms with Crippen LogP contribution in [0.5, 0.6) is 5.75 Å². The number of hydrogen-bond donors (Lipinski definition) is 1. The highest BCUT2D eigenvalue weighted by molar-refractivity contribution is 5.79. The fourth-order valence-corrected chi connectivity index (χ4v) is 3.80. The number of nitrogens with one attached hydrogen (secondary N) is 1. The highest BCUT2D eigenvalue weighted by Crippen LogP contribution is 2.17. The Hall–Kier alpha value is -3.61. The van der Waals surface area contributed by atoms with E-state index in [1.54, 1.807) is 33.4 Å². The van der Waals surface area contributed by atoms with Gasteiger partial charge in [0.15, 0.2) is 0 Å². The van der Waals surface area contributed by atoms with E-state index in [2.05, 4.69) is 5.32 Å². The monoisotopic (exact) mass is 435 g/mol. The van der Waals surface area contributed by atoms with Crippen LogP contribution in [-0.2, 0) is 17.9 Å². The molecule has 0 saturated heterocycles. The van der Waals surface area contributed by atoms with Gasteiger partial charge in [-0.25, -0.2) is 4.39 Å². The smallest absolute Gasteiger partial charge is 0.275 e. The quantitative estimate of drug-likeness (QED) is 0.449. The second-order valence-corrected chi connectivity index (χ2v) is 8.04. The third-order valence-electron chi connectivity index (χ3n) is 5.27. The van der Waals surface area contributed by atoms with Gasteiger partial charge in [-0.3, -0.25) is 9.59 Å². The molecule has 1 N–H and O–H groups in total. The maximum Gasteiger partial charge on any atom is 0.275 e. The molecule has 0 atom stereocenters. The van der Waals surface area contributed by atoms with Crippen LogP contribution in [0.15, 0.2) is 65.6 Å². The molecule has 166 valence electrons. The molecule has 0 aliphatic carbocycles. The van der Waals surface area contributed by atoms with Gasteiger partial charge in [-0.15, -0.1) is 0 Å². The van der Waals surface area contributed by atoms with Crippen LogP contribution < -0.4 is 15.6 Å². The van der Waals surface area contributed by atoms with Gasteiger partial charge in [0.25, 0.3) is 5.56 Å². The number of hydrogen-bond acceptors (Lipinski definition) is 3. The summed E-state index contributed by atoms with van der Waals surface area (Å²) >= 11 is 0. The van der Waals surface area contributed by atoms with Crippen molar-refractivity contribution in [1.82, 2.24) is 14.3 Å². The van der Waals surface area contributed by atoms with Gasteiger partial charge in [-0.1, -0.05) is 12.1 Å². The van der Waals surface area contributed by atoms with Crippen molar-refractivity contribution in [1.29, 1.82) is 0 Å². The minimum absolute atomic E-state index is 0.0974. The Balaban J connectivity index is 1.39. The molecule has 0 radical (unpaired) electrons. The Bertz CT molecular complexity index is 1310. The van der Waals surface area contributed by atoms with Crippen molar-refractivity contribution < 1.29 is 13.9 Å². The van der Waals surface area contributed by atoms with E-state index in [9.17, 15) is 14.0 Å². The lowest BCUT2D eigenvalue weighted by Crippen LogP contribution is -2.25. The minimum Gasteiger partial charge on any atom is -0.491 e. The van der Waals surface area contributed by atoms with Crippen molar-refractivity contribution in [2.75, 3.05) is 0 Å². The van der Waals surface area contributed by atoms with Crippen LogP contribution in [0.1, 0.15) is 32.3 Å². The van der Waals surface area contributed by atoms with Crippen LogP contribution in [0.4, 0.5) is 4.39 Å². The maximum absolute atomic E-state index is 13.9. The summed E-state index contributed by atoms with van der Waals surface area (Å²) in [5.74, 6) is 0.295. The largest absolute Gasteiger partial charge is 0.491 e. The zero-order valence-electron chi connectivity index (χ0n) is 18.2. The van der Waals surface area contributed by atoms with E-state index < -0.39 is 5.82 Å². The first-order valence-corrected chi connectivity index (χ1v) is 10.7. The average Bonchev–Trinajstić information content (AvgIpc) is 3.25. The first-order valence-electron chi connectivity index (χ1n) is 10.7. The van der Waals surface area contributed by atoms with Gasteiger partial charge >= 0.3 is 0 Å². The predicted molar refractivity (Wildman–Crippen MR) is 122 cm³/mol. The zero-order valence-corrected chi connectivity index (χ0v) is 18.2. The van der Waals surface area contributed by atoms with Crippen molar-refractivity contribution >= 4 is 22.5 Å². The van der Waals surface area contributed by atoms with Crippen molar-refractivity contribution in [3.05, 3.63) is 82.5 Å². The van der Waals surface area contributed by atoms with Gasteiger partial charge in [-0.2, -0.15) is 0 Å². The molecular weight excluding hydrogens is 409 g/mol. The van der Waals surface area contributed by atoms with Crippen molar-refractivity contribution in [2.45, 2.75) is 45.9 Å². The number of benzene rings is 2. The number of carbonyl (C=O) groups excluding carboxylic acids is 1. The lowest BCUT2D eigenvalue weighted by molar-refractivity contribution is -0.121. The minimum atomic E-state index is -0.403. The van der Waals surface area contributed by atoms with E-state index in [0.29, 0.717) is 30.5 Å². The molecule has 2 aromatic carbocycles. The number of rotatable bonds is 8. The molecule has 0 unspecified atom stereocenters. The Morgan fingerprint density at radius 1 is 1.06 bits per heavy atom. The van der Waals surface area contributed by atoms with Gasteiger partial charge in [0.2, 0.25) is 5.91 Å². The number of aryl methyl sites for hydroxylation is 1. The van der Waals surface area contributed by atoms with Crippen LogP contribution in [0.2, 0.25) is 0 Å².